The van der Waals surface area contributed by atoms with Crippen LogP contribution in [0.25, 0.3) is 0 Å². The van der Waals surface area contributed by atoms with Gasteiger partial charge in [0.1, 0.15) is 23.4 Å². The number of carbonyl (C=O) groups is 2. The molecule has 170 valence electrons. The number of carbonyl (C=O) groups excluding carboxylic acids is 2. The van der Waals surface area contributed by atoms with Gasteiger partial charge in [-0.25, -0.2) is 19.2 Å². The zero-order chi connectivity index (χ0) is 23.2. The molecule has 0 saturated carbocycles. The lowest BCUT2D eigenvalue weighted by atomic mass is 10.1. The number of hydrogen-bond acceptors (Lipinski definition) is 5. The highest BCUT2D eigenvalue weighted by Gasteiger charge is 2.41. The summed E-state index contributed by atoms with van der Waals surface area (Å²) in [5.41, 5.74) is 0.658. The highest BCUT2D eigenvalue weighted by molar-refractivity contribution is 6.05. The molecule has 2 N–H and O–H groups in total. The lowest BCUT2D eigenvalue weighted by Gasteiger charge is -2.35. The Kier molecular flexibility index (Phi) is 5.39. The molecule has 1 unspecified atom stereocenters. The fraction of sp³-hybridized carbons (Fsp3) is 0.400. The third-order valence-corrected chi connectivity index (χ3v) is 5.52. The van der Waals surface area contributed by atoms with Crippen LogP contribution in [0.5, 0.6) is 0 Å². The maximum Gasteiger partial charge on any atom is 0.408 e. The number of rotatable bonds is 3. The van der Waals surface area contributed by atoms with Crippen LogP contribution in [0, 0.1) is 12.7 Å². The number of urea groups is 1. The molecular weight excluding hydrogens is 432 g/mol. The van der Waals surface area contributed by atoms with Gasteiger partial charge >= 0.3 is 12.2 Å². The first-order valence-electron chi connectivity index (χ1n) is 9.90. The van der Waals surface area contributed by atoms with Crippen LogP contribution in [0.15, 0.2) is 24.4 Å². The number of aryl methyl sites for hydroxylation is 1. The molecular formula is C20H20F4N6O2. The van der Waals surface area contributed by atoms with Crippen molar-refractivity contribution in [1.82, 2.24) is 15.3 Å². The lowest BCUT2D eigenvalue weighted by molar-refractivity contribution is -0.149. The Bertz CT molecular complexity index is 1080. The number of fused-ring (bicyclic) bond motifs is 4. The van der Waals surface area contributed by atoms with E-state index in [-0.39, 0.29) is 23.4 Å². The van der Waals surface area contributed by atoms with Crippen molar-refractivity contribution in [2.45, 2.75) is 38.5 Å². The summed E-state index contributed by atoms with van der Waals surface area (Å²) < 4.78 is 51.9. The van der Waals surface area contributed by atoms with Gasteiger partial charge in [-0.1, -0.05) is 0 Å². The topological polar surface area (TPSA) is 90.5 Å². The molecule has 12 heteroatoms. The van der Waals surface area contributed by atoms with Crippen molar-refractivity contribution in [3.63, 3.8) is 0 Å². The SMILES string of the molecule is Cc1cc(NC(=O)N2c3nc(C(=O)N[C@H](C)C(F)(F)F)ccc3N3CCC2C3)ncc1F. The third-order valence-electron chi connectivity index (χ3n) is 5.52. The summed E-state index contributed by atoms with van der Waals surface area (Å²) in [4.78, 5) is 36.9. The predicted octanol–water partition coefficient (Wildman–Crippen LogP) is 3.24. The monoisotopic (exact) mass is 452 g/mol. The molecule has 0 spiro atoms. The molecule has 4 rings (SSSR count). The molecule has 1 fully saturated rings. The van der Waals surface area contributed by atoms with Crippen LogP contribution in [0.4, 0.5) is 39.7 Å². The number of nitrogens with zero attached hydrogens (tertiary/aromatic N) is 4. The Morgan fingerprint density at radius 2 is 2.03 bits per heavy atom. The summed E-state index contributed by atoms with van der Waals surface area (Å²) in [7, 11) is 0. The van der Waals surface area contributed by atoms with Crippen LogP contribution in [0.2, 0.25) is 0 Å². The zero-order valence-electron chi connectivity index (χ0n) is 17.2. The average Bonchev–Trinajstić information content (AvgIpc) is 3.14. The van der Waals surface area contributed by atoms with Crippen molar-refractivity contribution in [2.75, 3.05) is 28.2 Å². The summed E-state index contributed by atoms with van der Waals surface area (Å²) in [5, 5.41) is 4.48. The van der Waals surface area contributed by atoms with E-state index in [4.69, 9.17) is 0 Å². The molecule has 2 aromatic heterocycles. The first-order chi connectivity index (χ1) is 15.0. The maximum atomic E-state index is 13.5. The van der Waals surface area contributed by atoms with Gasteiger partial charge < -0.3 is 10.2 Å². The van der Waals surface area contributed by atoms with Crippen LogP contribution in [0.3, 0.4) is 0 Å². The summed E-state index contributed by atoms with van der Waals surface area (Å²) in [6, 6.07) is 1.40. The van der Waals surface area contributed by atoms with Crippen molar-refractivity contribution in [3.8, 4) is 0 Å². The quantitative estimate of drug-likeness (QED) is 0.698. The normalized spacial score (nSPS) is 18.2. The number of hydrogen-bond donors (Lipinski definition) is 2. The van der Waals surface area contributed by atoms with E-state index in [9.17, 15) is 27.2 Å². The average molecular weight is 452 g/mol. The molecule has 32 heavy (non-hydrogen) atoms. The third kappa shape index (κ3) is 4.04. The fourth-order valence-electron chi connectivity index (χ4n) is 3.73. The molecule has 2 aliphatic rings. The first-order valence-corrected chi connectivity index (χ1v) is 9.90. The highest BCUT2D eigenvalue weighted by Crippen LogP contribution is 2.39. The van der Waals surface area contributed by atoms with E-state index in [0.717, 1.165) is 13.1 Å². The van der Waals surface area contributed by atoms with E-state index in [1.807, 2.05) is 10.2 Å². The largest absolute Gasteiger partial charge is 0.408 e. The standard InChI is InChI=1S/C20H20F4N6O2/c1-10-7-16(25-8-13(10)21)28-19(32)30-12-5-6-29(9-12)15-4-3-14(27-17(15)30)18(31)26-11(2)20(22,23)24/h3-4,7-8,11-12H,5-6,9H2,1-2H3,(H,26,31)(H,25,28,32)/t11-,12?/m1/s1. The van der Waals surface area contributed by atoms with Crippen LogP contribution in [-0.2, 0) is 0 Å². The van der Waals surface area contributed by atoms with Gasteiger partial charge in [0.15, 0.2) is 5.82 Å². The maximum absolute atomic E-state index is 13.5. The Morgan fingerprint density at radius 3 is 2.72 bits per heavy atom. The molecule has 0 radical (unpaired) electrons. The second kappa shape index (κ2) is 7.92. The van der Waals surface area contributed by atoms with Crippen molar-refractivity contribution in [1.29, 1.82) is 0 Å². The lowest BCUT2D eigenvalue weighted by Crippen LogP contribution is -2.49. The first kappa shape index (κ1) is 21.8. The van der Waals surface area contributed by atoms with Crippen LogP contribution in [0.1, 0.15) is 29.4 Å². The Labute approximate surface area is 180 Å². The summed E-state index contributed by atoms with van der Waals surface area (Å²) in [6.07, 6.45) is -2.96. The van der Waals surface area contributed by atoms with Crippen LogP contribution in [-0.4, -0.2) is 53.3 Å². The number of halogens is 4. The Morgan fingerprint density at radius 1 is 1.28 bits per heavy atom. The molecule has 8 nitrogen and oxygen atoms in total. The van der Waals surface area contributed by atoms with E-state index in [2.05, 4.69) is 15.3 Å². The van der Waals surface area contributed by atoms with Crippen molar-refractivity contribution < 1.29 is 27.2 Å². The van der Waals surface area contributed by atoms with Gasteiger partial charge in [-0.05, 0) is 44.0 Å². The molecule has 2 atom stereocenters. The summed E-state index contributed by atoms with van der Waals surface area (Å²) in [6.45, 7) is 3.58. The summed E-state index contributed by atoms with van der Waals surface area (Å²) in [5.74, 6) is -1.20. The van der Waals surface area contributed by atoms with Gasteiger partial charge in [-0.2, -0.15) is 13.2 Å². The molecule has 3 amide bonds. The number of alkyl halides is 3. The molecule has 0 aromatic carbocycles. The van der Waals surface area contributed by atoms with Gasteiger partial charge in [0, 0.05) is 13.1 Å². The van der Waals surface area contributed by atoms with Gasteiger partial charge in [-0.3, -0.25) is 15.0 Å². The minimum absolute atomic E-state index is 0.142. The van der Waals surface area contributed by atoms with E-state index >= 15 is 0 Å². The van der Waals surface area contributed by atoms with E-state index in [0.29, 0.717) is 30.8 Å². The molecule has 2 bridgehead atoms. The van der Waals surface area contributed by atoms with E-state index in [1.54, 1.807) is 6.07 Å². The number of amides is 3. The summed E-state index contributed by atoms with van der Waals surface area (Å²) >= 11 is 0. The molecule has 2 aromatic rings. The Hall–Kier alpha value is -3.44. The minimum Gasteiger partial charge on any atom is -0.366 e. The van der Waals surface area contributed by atoms with Gasteiger partial charge in [0.25, 0.3) is 5.91 Å². The van der Waals surface area contributed by atoms with Crippen LogP contribution >= 0.6 is 0 Å². The molecule has 4 heterocycles. The molecule has 1 saturated heterocycles. The van der Waals surface area contributed by atoms with E-state index < -0.39 is 30.0 Å². The van der Waals surface area contributed by atoms with Crippen molar-refractivity contribution in [3.05, 3.63) is 41.5 Å². The van der Waals surface area contributed by atoms with Crippen molar-refractivity contribution >= 4 is 29.3 Å². The second-order valence-corrected chi connectivity index (χ2v) is 7.78. The number of nitrogens with one attached hydrogen (secondary N) is 2. The second-order valence-electron chi connectivity index (χ2n) is 7.78. The fourth-order valence-corrected chi connectivity index (χ4v) is 3.73. The zero-order valence-corrected chi connectivity index (χ0v) is 17.2. The Balaban J connectivity index is 1.63. The molecule has 0 aliphatic carbocycles. The van der Waals surface area contributed by atoms with Gasteiger partial charge in [-0.15, -0.1) is 0 Å². The number of pyridine rings is 2. The smallest absolute Gasteiger partial charge is 0.366 e. The minimum atomic E-state index is -4.60. The van der Waals surface area contributed by atoms with Gasteiger partial charge in [0.05, 0.1) is 17.9 Å². The van der Waals surface area contributed by atoms with Crippen molar-refractivity contribution in [2.24, 2.45) is 0 Å². The van der Waals surface area contributed by atoms with E-state index in [1.165, 1.54) is 24.0 Å². The number of anilines is 3. The predicted molar refractivity (Wildman–Crippen MR) is 108 cm³/mol. The molecule has 2 aliphatic heterocycles. The number of aromatic nitrogens is 2. The van der Waals surface area contributed by atoms with Gasteiger partial charge in [0.2, 0.25) is 0 Å². The van der Waals surface area contributed by atoms with Crippen LogP contribution < -0.4 is 20.4 Å². The highest BCUT2D eigenvalue weighted by atomic mass is 19.4.